The molecule has 2 saturated heterocycles. The van der Waals surface area contributed by atoms with Crippen LogP contribution in [0.2, 0.25) is 0 Å². The molecule has 2 aliphatic rings. The molecule has 2 heterocycles. The minimum Gasteiger partial charge on any atom is -0.321 e. The molecule has 0 unspecified atom stereocenters. The summed E-state index contributed by atoms with van der Waals surface area (Å²) >= 11 is 0. The topological polar surface area (TPSA) is 21.5 Å². The Hall–Kier alpha value is 0.310. The predicted octanol–water partition coefficient (Wildman–Crippen LogP) is 1.60. The molecular formula is C7H14NO2P. The number of hydrogen-bond donors (Lipinski definition) is 0. The van der Waals surface area contributed by atoms with Crippen LogP contribution in [0.25, 0.3) is 0 Å². The van der Waals surface area contributed by atoms with Crippen LogP contribution < -0.4 is 0 Å². The summed E-state index contributed by atoms with van der Waals surface area (Å²) in [5.74, 6) is 0. The molecule has 0 amide bonds. The van der Waals surface area contributed by atoms with Crippen molar-refractivity contribution in [3.63, 3.8) is 0 Å². The van der Waals surface area contributed by atoms with E-state index in [1.165, 1.54) is 0 Å². The molecule has 0 N–H and O–H groups in total. The van der Waals surface area contributed by atoms with Gasteiger partial charge < -0.3 is 9.05 Å². The van der Waals surface area contributed by atoms with E-state index in [2.05, 4.69) is 18.5 Å². The van der Waals surface area contributed by atoms with E-state index < -0.39 is 8.53 Å². The molecule has 0 aromatic rings. The molecule has 0 spiro atoms. The zero-order valence-electron chi connectivity index (χ0n) is 7.04. The molecule has 0 aliphatic carbocycles. The Morgan fingerprint density at radius 2 is 1.73 bits per heavy atom. The maximum Gasteiger partial charge on any atom is 0.258 e. The first-order valence-electron chi connectivity index (χ1n) is 3.98. The zero-order chi connectivity index (χ0) is 7.90. The highest BCUT2D eigenvalue weighted by Crippen LogP contribution is 2.51. The van der Waals surface area contributed by atoms with Gasteiger partial charge >= 0.3 is 0 Å². The monoisotopic (exact) mass is 175 g/mol. The SMILES string of the molecule is CC1(C)COP(N2CC2)OC1. The van der Waals surface area contributed by atoms with Gasteiger partial charge in [-0.1, -0.05) is 13.8 Å². The average molecular weight is 175 g/mol. The number of rotatable bonds is 1. The van der Waals surface area contributed by atoms with Gasteiger partial charge in [-0.2, -0.15) is 0 Å². The van der Waals surface area contributed by atoms with Gasteiger partial charge in [0.25, 0.3) is 8.53 Å². The standard InChI is InChI=1S/C7H14NO2P/c1-7(2)5-9-11(10-6-7)8-3-4-8/h3-6H2,1-2H3. The molecule has 0 saturated carbocycles. The second-order valence-corrected chi connectivity index (χ2v) is 5.46. The summed E-state index contributed by atoms with van der Waals surface area (Å²) in [6.07, 6.45) is 0. The van der Waals surface area contributed by atoms with Crippen molar-refractivity contribution in [2.75, 3.05) is 26.3 Å². The van der Waals surface area contributed by atoms with Crippen LogP contribution in [0.3, 0.4) is 0 Å². The van der Waals surface area contributed by atoms with Crippen LogP contribution in [0.4, 0.5) is 0 Å². The van der Waals surface area contributed by atoms with Crippen LogP contribution in [-0.4, -0.2) is 31.0 Å². The van der Waals surface area contributed by atoms with Gasteiger partial charge in [0.15, 0.2) is 0 Å². The Morgan fingerprint density at radius 3 is 2.18 bits per heavy atom. The Labute approximate surface area is 68.6 Å². The summed E-state index contributed by atoms with van der Waals surface area (Å²) in [4.78, 5) is 0. The minimum atomic E-state index is -0.645. The van der Waals surface area contributed by atoms with E-state index in [0.717, 1.165) is 26.3 Å². The van der Waals surface area contributed by atoms with Gasteiger partial charge in [-0.05, 0) is 0 Å². The van der Waals surface area contributed by atoms with Crippen LogP contribution in [0.1, 0.15) is 13.8 Å². The van der Waals surface area contributed by atoms with Crippen molar-refractivity contribution in [2.24, 2.45) is 5.41 Å². The van der Waals surface area contributed by atoms with Crippen molar-refractivity contribution >= 4 is 8.53 Å². The molecule has 0 radical (unpaired) electrons. The molecule has 2 rings (SSSR count). The Morgan fingerprint density at radius 1 is 1.18 bits per heavy atom. The molecule has 2 fully saturated rings. The Bertz CT molecular complexity index is 149. The quantitative estimate of drug-likeness (QED) is 0.446. The van der Waals surface area contributed by atoms with Crippen molar-refractivity contribution in [1.29, 1.82) is 0 Å². The number of nitrogens with zero attached hydrogens (tertiary/aromatic N) is 1. The minimum absolute atomic E-state index is 0.217. The fourth-order valence-electron chi connectivity index (χ4n) is 0.910. The molecule has 3 nitrogen and oxygen atoms in total. The third-order valence-electron chi connectivity index (χ3n) is 1.79. The van der Waals surface area contributed by atoms with Crippen LogP contribution >= 0.6 is 8.53 Å². The second-order valence-electron chi connectivity index (χ2n) is 3.90. The van der Waals surface area contributed by atoms with Crippen LogP contribution in [0.5, 0.6) is 0 Å². The normalized spacial score (nSPS) is 32.2. The predicted molar refractivity (Wildman–Crippen MR) is 44.2 cm³/mol. The highest BCUT2D eigenvalue weighted by molar-refractivity contribution is 7.44. The van der Waals surface area contributed by atoms with Gasteiger partial charge in [0, 0.05) is 18.5 Å². The lowest BCUT2D eigenvalue weighted by Crippen LogP contribution is -2.29. The lowest BCUT2D eigenvalue weighted by Gasteiger charge is -2.33. The van der Waals surface area contributed by atoms with E-state index in [1.807, 2.05) is 0 Å². The summed E-state index contributed by atoms with van der Waals surface area (Å²) in [5.41, 5.74) is 0.217. The molecule has 0 atom stereocenters. The van der Waals surface area contributed by atoms with Crippen molar-refractivity contribution in [3.05, 3.63) is 0 Å². The summed E-state index contributed by atoms with van der Waals surface area (Å²) in [5, 5.41) is 0. The van der Waals surface area contributed by atoms with E-state index in [0.29, 0.717) is 0 Å². The largest absolute Gasteiger partial charge is 0.321 e. The molecule has 2 aliphatic heterocycles. The molecule has 0 bridgehead atoms. The zero-order valence-corrected chi connectivity index (χ0v) is 7.93. The van der Waals surface area contributed by atoms with Gasteiger partial charge in [0.1, 0.15) is 0 Å². The van der Waals surface area contributed by atoms with E-state index in [-0.39, 0.29) is 5.41 Å². The summed E-state index contributed by atoms with van der Waals surface area (Å²) < 4.78 is 13.4. The third-order valence-corrected chi connectivity index (χ3v) is 3.35. The second kappa shape index (κ2) is 2.67. The Balaban J connectivity index is 1.84. The van der Waals surface area contributed by atoms with Crippen molar-refractivity contribution in [3.8, 4) is 0 Å². The van der Waals surface area contributed by atoms with Gasteiger partial charge in [0.2, 0.25) is 0 Å². The molecule has 11 heavy (non-hydrogen) atoms. The molecule has 0 aromatic carbocycles. The first-order valence-corrected chi connectivity index (χ1v) is 5.11. The highest BCUT2D eigenvalue weighted by atomic mass is 31.2. The van der Waals surface area contributed by atoms with E-state index in [4.69, 9.17) is 9.05 Å². The lowest BCUT2D eigenvalue weighted by atomic mass is 9.97. The third kappa shape index (κ3) is 1.91. The summed E-state index contributed by atoms with van der Waals surface area (Å²) in [6.45, 7) is 8.34. The molecular weight excluding hydrogens is 161 g/mol. The first-order chi connectivity index (χ1) is 5.17. The van der Waals surface area contributed by atoms with Crippen LogP contribution in [-0.2, 0) is 9.05 Å². The number of hydrogen-bond acceptors (Lipinski definition) is 3. The Kier molecular flexibility index (Phi) is 1.92. The van der Waals surface area contributed by atoms with Gasteiger partial charge in [0.05, 0.1) is 13.2 Å². The van der Waals surface area contributed by atoms with Crippen molar-refractivity contribution < 1.29 is 9.05 Å². The van der Waals surface area contributed by atoms with E-state index >= 15 is 0 Å². The van der Waals surface area contributed by atoms with Crippen LogP contribution in [0.15, 0.2) is 0 Å². The molecule has 4 heteroatoms. The molecule has 0 aromatic heterocycles. The van der Waals surface area contributed by atoms with Crippen LogP contribution in [0, 0.1) is 5.41 Å². The fourth-order valence-corrected chi connectivity index (χ4v) is 2.65. The van der Waals surface area contributed by atoms with Crippen molar-refractivity contribution in [1.82, 2.24) is 4.67 Å². The molecule has 64 valence electrons. The fraction of sp³-hybridized carbons (Fsp3) is 1.00. The van der Waals surface area contributed by atoms with E-state index in [1.54, 1.807) is 0 Å². The maximum absolute atomic E-state index is 5.59. The average Bonchev–Trinajstić information content (AvgIpc) is 2.70. The van der Waals surface area contributed by atoms with Gasteiger partial charge in [-0.3, -0.25) is 0 Å². The summed E-state index contributed by atoms with van der Waals surface area (Å²) in [6, 6.07) is 0. The van der Waals surface area contributed by atoms with Crippen molar-refractivity contribution in [2.45, 2.75) is 13.8 Å². The van der Waals surface area contributed by atoms with Gasteiger partial charge in [-0.25, -0.2) is 4.67 Å². The summed E-state index contributed by atoms with van der Waals surface area (Å²) in [7, 11) is -0.645. The smallest absolute Gasteiger partial charge is 0.258 e. The van der Waals surface area contributed by atoms with Gasteiger partial charge in [-0.15, -0.1) is 0 Å². The first kappa shape index (κ1) is 7.93. The van der Waals surface area contributed by atoms with E-state index in [9.17, 15) is 0 Å². The highest BCUT2D eigenvalue weighted by Gasteiger charge is 2.37. The lowest BCUT2D eigenvalue weighted by molar-refractivity contribution is 0.0533. The maximum atomic E-state index is 5.59.